The van der Waals surface area contributed by atoms with Gasteiger partial charge in [-0.2, -0.15) is 0 Å². The highest BCUT2D eigenvalue weighted by Crippen LogP contribution is 2.21. The van der Waals surface area contributed by atoms with Gasteiger partial charge in [0.15, 0.2) is 0 Å². The first-order valence-corrected chi connectivity index (χ1v) is 7.44. The smallest absolute Gasteiger partial charge is 0.251 e. The van der Waals surface area contributed by atoms with Crippen molar-refractivity contribution in [3.8, 4) is 0 Å². The van der Waals surface area contributed by atoms with Gasteiger partial charge >= 0.3 is 0 Å². The lowest BCUT2D eigenvalue weighted by Crippen LogP contribution is -2.45. The molecule has 0 unspecified atom stereocenters. The molecule has 1 fully saturated rings. The Morgan fingerprint density at radius 3 is 3.05 bits per heavy atom. The molecule has 1 amide bonds. The fourth-order valence-electron chi connectivity index (χ4n) is 2.53. The standard InChI is InChI=1S/C14H16N2O2S/c17-12-4-2-1-3-10(12)16-14(18)9-5-6-11-13(7-9)19-8-15-11/h5-8,10,12,17H,1-4H2,(H,16,18)/t10-,12-/m1/s1. The van der Waals surface area contributed by atoms with Crippen LogP contribution in [0.5, 0.6) is 0 Å². The summed E-state index contributed by atoms with van der Waals surface area (Å²) in [6.07, 6.45) is 3.33. The van der Waals surface area contributed by atoms with Crippen molar-refractivity contribution in [2.24, 2.45) is 0 Å². The van der Waals surface area contributed by atoms with Gasteiger partial charge in [-0.25, -0.2) is 4.98 Å². The molecule has 100 valence electrons. The van der Waals surface area contributed by atoms with Gasteiger partial charge in [0.05, 0.1) is 27.9 Å². The topological polar surface area (TPSA) is 62.2 Å². The third-order valence-corrected chi connectivity index (χ3v) is 4.43. The first-order valence-electron chi connectivity index (χ1n) is 6.56. The maximum Gasteiger partial charge on any atom is 0.251 e. The number of nitrogens with zero attached hydrogens (tertiary/aromatic N) is 1. The number of hydrogen-bond acceptors (Lipinski definition) is 4. The number of amides is 1. The summed E-state index contributed by atoms with van der Waals surface area (Å²) < 4.78 is 1.01. The lowest BCUT2D eigenvalue weighted by molar-refractivity contribution is 0.0717. The highest BCUT2D eigenvalue weighted by atomic mass is 32.1. The first-order chi connectivity index (χ1) is 9.24. The van der Waals surface area contributed by atoms with Gasteiger partial charge in [0, 0.05) is 5.56 Å². The zero-order chi connectivity index (χ0) is 13.2. The van der Waals surface area contributed by atoms with Crippen molar-refractivity contribution >= 4 is 27.5 Å². The van der Waals surface area contributed by atoms with Crippen LogP contribution >= 0.6 is 11.3 Å². The number of thiazole rings is 1. The molecular weight excluding hydrogens is 260 g/mol. The minimum Gasteiger partial charge on any atom is -0.391 e. The van der Waals surface area contributed by atoms with Crippen LogP contribution < -0.4 is 5.32 Å². The van der Waals surface area contributed by atoms with E-state index in [4.69, 9.17) is 0 Å². The Morgan fingerprint density at radius 2 is 2.21 bits per heavy atom. The van der Waals surface area contributed by atoms with Crippen LogP contribution in [0.2, 0.25) is 0 Å². The molecule has 2 atom stereocenters. The van der Waals surface area contributed by atoms with E-state index in [-0.39, 0.29) is 11.9 Å². The fourth-order valence-corrected chi connectivity index (χ4v) is 3.24. The molecule has 1 aliphatic rings. The van der Waals surface area contributed by atoms with Crippen molar-refractivity contribution in [2.45, 2.75) is 37.8 Å². The monoisotopic (exact) mass is 276 g/mol. The molecule has 1 aromatic heterocycles. The predicted octanol–water partition coefficient (Wildman–Crippen LogP) is 2.33. The average molecular weight is 276 g/mol. The quantitative estimate of drug-likeness (QED) is 0.885. The second-order valence-corrected chi connectivity index (χ2v) is 5.85. The first kappa shape index (κ1) is 12.6. The Balaban J connectivity index is 1.75. The van der Waals surface area contributed by atoms with Crippen molar-refractivity contribution in [3.05, 3.63) is 29.3 Å². The number of fused-ring (bicyclic) bond motifs is 1. The van der Waals surface area contributed by atoms with E-state index in [0.29, 0.717) is 5.56 Å². The Labute approximate surface area is 115 Å². The average Bonchev–Trinajstić information content (AvgIpc) is 2.88. The van der Waals surface area contributed by atoms with Crippen molar-refractivity contribution in [2.75, 3.05) is 0 Å². The molecule has 4 nitrogen and oxygen atoms in total. The highest BCUT2D eigenvalue weighted by Gasteiger charge is 2.24. The van der Waals surface area contributed by atoms with E-state index in [9.17, 15) is 9.90 Å². The number of benzene rings is 1. The van der Waals surface area contributed by atoms with Crippen LogP contribution in [0.3, 0.4) is 0 Å². The summed E-state index contributed by atoms with van der Waals surface area (Å²) in [5, 5.41) is 12.8. The van der Waals surface area contributed by atoms with Gasteiger partial charge in [0.25, 0.3) is 5.91 Å². The summed E-state index contributed by atoms with van der Waals surface area (Å²) in [5.74, 6) is -0.110. The molecule has 3 rings (SSSR count). The summed E-state index contributed by atoms with van der Waals surface area (Å²) in [7, 11) is 0. The largest absolute Gasteiger partial charge is 0.391 e. The lowest BCUT2D eigenvalue weighted by atomic mass is 9.92. The van der Waals surface area contributed by atoms with Crippen LogP contribution in [0.25, 0.3) is 10.2 Å². The molecule has 1 heterocycles. The maximum atomic E-state index is 12.2. The second-order valence-electron chi connectivity index (χ2n) is 4.97. The van der Waals surface area contributed by atoms with E-state index in [2.05, 4.69) is 10.3 Å². The number of hydrogen-bond donors (Lipinski definition) is 2. The molecule has 0 spiro atoms. The molecule has 0 saturated heterocycles. The zero-order valence-electron chi connectivity index (χ0n) is 10.5. The number of aromatic nitrogens is 1. The third-order valence-electron chi connectivity index (χ3n) is 3.64. The Morgan fingerprint density at radius 1 is 1.37 bits per heavy atom. The van der Waals surface area contributed by atoms with Gasteiger partial charge in [-0.05, 0) is 31.0 Å². The minimum atomic E-state index is -0.412. The Bertz CT molecular complexity index is 596. The molecule has 1 aromatic carbocycles. The molecule has 1 saturated carbocycles. The zero-order valence-corrected chi connectivity index (χ0v) is 11.3. The molecule has 0 radical (unpaired) electrons. The van der Waals surface area contributed by atoms with Crippen LogP contribution in [0.4, 0.5) is 0 Å². The molecule has 2 aromatic rings. The van der Waals surface area contributed by atoms with Gasteiger partial charge in [-0.3, -0.25) is 4.79 Å². The van der Waals surface area contributed by atoms with Crippen LogP contribution in [0.15, 0.2) is 23.7 Å². The second kappa shape index (κ2) is 5.27. The van der Waals surface area contributed by atoms with Crippen molar-refractivity contribution in [1.82, 2.24) is 10.3 Å². The van der Waals surface area contributed by atoms with Crippen LogP contribution in [0.1, 0.15) is 36.0 Å². The van der Waals surface area contributed by atoms with Crippen LogP contribution in [-0.4, -0.2) is 28.1 Å². The molecule has 2 N–H and O–H groups in total. The molecule has 19 heavy (non-hydrogen) atoms. The maximum absolute atomic E-state index is 12.2. The van der Waals surface area contributed by atoms with Crippen LogP contribution in [-0.2, 0) is 0 Å². The van der Waals surface area contributed by atoms with E-state index in [1.807, 2.05) is 12.1 Å². The summed E-state index contributed by atoms with van der Waals surface area (Å²) in [6, 6.07) is 5.39. The minimum absolute atomic E-state index is 0.110. The van der Waals surface area contributed by atoms with E-state index in [0.717, 1.165) is 35.9 Å². The third kappa shape index (κ3) is 2.62. The van der Waals surface area contributed by atoms with Gasteiger partial charge < -0.3 is 10.4 Å². The van der Waals surface area contributed by atoms with E-state index in [1.165, 1.54) is 11.3 Å². The highest BCUT2D eigenvalue weighted by molar-refractivity contribution is 7.16. The Hall–Kier alpha value is -1.46. The van der Waals surface area contributed by atoms with Gasteiger partial charge in [-0.1, -0.05) is 12.8 Å². The number of nitrogens with one attached hydrogen (secondary N) is 1. The molecule has 1 aliphatic carbocycles. The Kier molecular flexibility index (Phi) is 3.48. The number of carbonyl (C=O) groups excluding carboxylic acids is 1. The number of carbonyl (C=O) groups is 1. The SMILES string of the molecule is O=C(N[C@@H]1CCCC[C@H]1O)c1ccc2ncsc2c1. The fraction of sp³-hybridized carbons (Fsp3) is 0.429. The van der Waals surface area contributed by atoms with E-state index >= 15 is 0 Å². The number of aliphatic hydroxyl groups excluding tert-OH is 1. The predicted molar refractivity (Wildman–Crippen MR) is 75.3 cm³/mol. The lowest BCUT2D eigenvalue weighted by Gasteiger charge is -2.28. The van der Waals surface area contributed by atoms with Gasteiger partial charge in [0.2, 0.25) is 0 Å². The summed E-state index contributed by atoms with van der Waals surface area (Å²) in [4.78, 5) is 16.4. The summed E-state index contributed by atoms with van der Waals surface area (Å²) >= 11 is 1.53. The van der Waals surface area contributed by atoms with Gasteiger partial charge in [-0.15, -0.1) is 11.3 Å². The molecule has 5 heteroatoms. The molecule has 0 bridgehead atoms. The van der Waals surface area contributed by atoms with Crippen LogP contribution in [0, 0.1) is 0 Å². The number of rotatable bonds is 2. The van der Waals surface area contributed by atoms with Crippen molar-refractivity contribution in [1.29, 1.82) is 0 Å². The summed E-state index contributed by atoms with van der Waals surface area (Å²) in [5.41, 5.74) is 3.32. The number of aliphatic hydroxyl groups is 1. The molecule has 0 aliphatic heterocycles. The van der Waals surface area contributed by atoms with Crippen molar-refractivity contribution in [3.63, 3.8) is 0 Å². The van der Waals surface area contributed by atoms with E-state index in [1.54, 1.807) is 11.6 Å². The molecular formula is C14H16N2O2S. The van der Waals surface area contributed by atoms with E-state index < -0.39 is 6.10 Å². The normalized spacial score (nSPS) is 23.4. The summed E-state index contributed by atoms with van der Waals surface area (Å²) in [6.45, 7) is 0. The van der Waals surface area contributed by atoms with Gasteiger partial charge in [0.1, 0.15) is 0 Å². The van der Waals surface area contributed by atoms with Crippen molar-refractivity contribution < 1.29 is 9.90 Å².